The average molecular weight is 331 g/mol. The fourth-order valence-electron chi connectivity index (χ4n) is 3.47. The largest absolute Gasteiger partial charge is 0.361 e. The monoisotopic (exact) mass is 331 g/mol. The number of amides is 1. The molecule has 2 aromatic heterocycles. The van der Waals surface area contributed by atoms with Gasteiger partial charge in [0.25, 0.3) is 5.91 Å². The minimum absolute atomic E-state index is 0.0835. The molecule has 1 saturated carbocycles. The third kappa shape index (κ3) is 2.29. The number of rotatable bonds is 3. The molecule has 1 unspecified atom stereocenters. The molecule has 0 saturated heterocycles. The van der Waals surface area contributed by atoms with Crippen molar-refractivity contribution in [3.8, 4) is 11.3 Å². The summed E-state index contributed by atoms with van der Waals surface area (Å²) in [5, 5.41) is 10.8. The number of hydrogen-bond donors (Lipinski definition) is 2. The predicted molar refractivity (Wildman–Crippen MR) is 93.8 cm³/mol. The lowest BCUT2D eigenvalue weighted by Crippen LogP contribution is -2.44. The molecule has 0 bridgehead atoms. The summed E-state index contributed by atoms with van der Waals surface area (Å²) >= 11 is 0. The van der Waals surface area contributed by atoms with Gasteiger partial charge in [-0.2, -0.15) is 5.10 Å². The average Bonchev–Trinajstić information content (AvgIpc) is 3.37. The SMILES string of the molecule is O=C1c2ccccc2NC(c2cn[nH]c2-c2cccnc2)N1C1CC1. The summed E-state index contributed by atoms with van der Waals surface area (Å²) in [5.74, 6) is 0.0835. The zero-order valence-corrected chi connectivity index (χ0v) is 13.5. The lowest BCUT2D eigenvalue weighted by molar-refractivity contribution is 0.0667. The van der Waals surface area contributed by atoms with Crippen LogP contribution in [0.3, 0.4) is 0 Å². The van der Waals surface area contributed by atoms with Crippen molar-refractivity contribution in [2.75, 3.05) is 5.32 Å². The van der Waals surface area contributed by atoms with E-state index in [0.29, 0.717) is 0 Å². The second-order valence-electron chi connectivity index (χ2n) is 6.48. The number of hydrogen-bond acceptors (Lipinski definition) is 4. The van der Waals surface area contributed by atoms with Crippen LogP contribution in [0.2, 0.25) is 0 Å². The molecule has 5 rings (SSSR count). The van der Waals surface area contributed by atoms with Crippen molar-refractivity contribution in [1.29, 1.82) is 0 Å². The number of fused-ring (bicyclic) bond motifs is 1. The number of nitrogens with one attached hydrogen (secondary N) is 2. The van der Waals surface area contributed by atoms with Crippen molar-refractivity contribution in [2.24, 2.45) is 0 Å². The Morgan fingerprint density at radius 3 is 2.76 bits per heavy atom. The third-order valence-corrected chi connectivity index (χ3v) is 4.82. The lowest BCUT2D eigenvalue weighted by atomic mass is 10.0. The number of aromatic amines is 1. The van der Waals surface area contributed by atoms with Crippen LogP contribution in [0.15, 0.2) is 55.0 Å². The number of nitrogens with zero attached hydrogens (tertiary/aromatic N) is 3. The van der Waals surface area contributed by atoms with E-state index in [1.54, 1.807) is 18.6 Å². The van der Waals surface area contributed by atoms with Crippen molar-refractivity contribution in [1.82, 2.24) is 20.1 Å². The lowest BCUT2D eigenvalue weighted by Gasteiger charge is -2.38. The van der Waals surface area contributed by atoms with Crippen LogP contribution in [0.4, 0.5) is 5.69 Å². The summed E-state index contributed by atoms with van der Waals surface area (Å²) in [6, 6.07) is 11.9. The quantitative estimate of drug-likeness (QED) is 0.773. The van der Waals surface area contributed by atoms with Crippen molar-refractivity contribution >= 4 is 11.6 Å². The Hall–Kier alpha value is -3.15. The molecule has 1 aliphatic carbocycles. The molecule has 1 aromatic carbocycles. The maximum absolute atomic E-state index is 13.1. The van der Waals surface area contributed by atoms with Crippen LogP contribution in [0, 0.1) is 0 Å². The normalized spacial score (nSPS) is 19.4. The minimum atomic E-state index is -0.233. The van der Waals surface area contributed by atoms with Crippen LogP contribution in [0.1, 0.15) is 34.9 Å². The minimum Gasteiger partial charge on any atom is -0.361 e. The molecular formula is C19H17N5O. The number of anilines is 1. The Labute approximate surface area is 144 Å². The predicted octanol–water partition coefficient (Wildman–Crippen LogP) is 3.20. The van der Waals surface area contributed by atoms with Gasteiger partial charge in [0.15, 0.2) is 0 Å². The Kier molecular flexibility index (Phi) is 3.09. The van der Waals surface area contributed by atoms with Gasteiger partial charge in [0.1, 0.15) is 6.17 Å². The second kappa shape index (κ2) is 5.44. The smallest absolute Gasteiger partial charge is 0.258 e. The zero-order valence-electron chi connectivity index (χ0n) is 13.5. The van der Waals surface area contributed by atoms with Gasteiger partial charge in [-0.15, -0.1) is 0 Å². The van der Waals surface area contributed by atoms with Crippen LogP contribution in [-0.4, -0.2) is 32.0 Å². The highest BCUT2D eigenvalue weighted by atomic mass is 16.2. The van der Waals surface area contributed by atoms with E-state index in [9.17, 15) is 4.79 Å². The Morgan fingerprint density at radius 2 is 1.96 bits per heavy atom. The first kappa shape index (κ1) is 14.2. The van der Waals surface area contributed by atoms with Gasteiger partial charge in [0.05, 0.1) is 17.5 Å². The molecule has 1 amide bonds. The fourth-order valence-corrected chi connectivity index (χ4v) is 3.47. The van der Waals surface area contributed by atoms with E-state index < -0.39 is 0 Å². The Morgan fingerprint density at radius 1 is 1.08 bits per heavy atom. The summed E-state index contributed by atoms with van der Waals surface area (Å²) in [5.41, 5.74) is 4.41. The standard InChI is InChI=1S/C19H17N5O/c25-19-14-5-1-2-6-16(14)22-18(24(19)13-7-8-13)15-11-21-23-17(15)12-4-3-9-20-10-12/h1-6,9-11,13,18,22H,7-8H2,(H,21,23). The van der Waals surface area contributed by atoms with Crippen LogP contribution in [0.25, 0.3) is 11.3 Å². The number of H-pyrrole nitrogens is 1. The first-order valence-electron chi connectivity index (χ1n) is 8.45. The molecule has 1 fully saturated rings. The van der Waals surface area contributed by atoms with E-state index >= 15 is 0 Å². The molecule has 2 aliphatic rings. The number of carbonyl (C=O) groups excluding carboxylic acids is 1. The Balaban J connectivity index is 1.62. The number of benzene rings is 1. The zero-order chi connectivity index (χ0) is 16.8. The molecule has 1 aliphatic heterocycles. The summed E-state index contributed by atoms with van der Waals surface area (Å²) in [6.07, 6.45) is 7.21. The molecule has 25 heavy (non-hydrogen) atoms. The number of carbonyl (C=O) groups is 1. The fraction of sp³-hybridized carbons (Fsp3) is 0.211. The summed E-state index contributed by atoms with van der Waals surface area (Å²) in [6.45, 7) is 0. The molecule has 0 radical (unpaired) electrons. The van der Waals surface area contributed by atoms with Crippen molar-refractivity contribution in [3.63, 3.8) is 0 Å². The van der Waals surface area contributed by atoms with E-state index in [0.717, 1.165) is 40.9 Å². The number of aromatic nitrogens is 3. The number of para-hydroxylation sites is 1. The van der Waals surface area contributed by atoms with E-state index in [4.69, 9.17) is 0 Å². The van der Waals surface area contributed by atoms with Gasteiger partial charge in [0, 0.05) is 35.2 Å². The van der Waals surface area contributed by atoms with Gasteiger partial charge in [-0.05, 0) is 37.1 Å². The van der Waals surface area contributed by atoms with Gasteiger partial charge in [-0.3, -0.25) is 14.9 Å². The van der Waals surface area contributed by atoms with Crippen LogP contribution in [0.5, 0.6) is 0 Å². The van der Waals surface area contributed by atoms with E-state index in [1.165, 1.54) is 0 Å². The topological polar surface area (TPSA) is 73.9 Å². The van der Waals surface area contributed by atoms with Crippen molar-refractivity contribution in [3.05, 3.63) is 66.1 Å². The highest BCUT2D eigenvalue weighted by Crippen LogP contribution is 2.42. The molecule has 2 N–H and O–H groups in total. The van der Waals surface area contributed by atoms with Crippen LogP contribution in [-0.2, 0) is 0 Å². The van der Waals surface area contributed by atoms with E-state index in [-0.39, 0.29) is 18.1 Å². The van der Waals surface area contributed by atoms with Gasteiger partial charge in [0.2, 0.25) is 0 Å². The summed E-state index contributed by atoms with van der Waals surface area (Å²) in [7, 11) is 0. The van der Waals surface area contributed by atoms with Crippen LogP contribution < -0.4 is 5.32 Å². The van der Waals surface area contributed by atoms with E-state index in [2.05, 4.69) is 20.5 Å². The van der Waals surface area contributed by atoms with Crippen LogP contribution >= 0.6 is 0 Å². The molecule has 0 spiro atoms. The molecule has 3 aromatic rings. The van der Waals surface area contributed by atoms with Crippen molar-refractivity contribution < 1.29 is 4.79 Å². The Bertz CT molecular complexity index is 932. The first-order valence-corrected chi connectivity index (χ1v) is 8.45. The highest BCUT2D eigenvalue weighted by molar-refractivity contribution is 6.02. The summed E-state index contributed by atoms with van der Waals surface area (Å²) in [4.78, 5) is 19.3. The first-order chi connectivity index (χ1) is 12.3. The number of pyridine rings is 1. The van der Waals surface area contributed by atoms with Gasteiger partial charge < -0.3 is 10.2 Å². The molecule has 124 valence electrons. The van der Waals surface area contributed by atoms with Gasteiger partial charge in [-0.25, -0.2) is 0 Å². The second-order valence-corrected chi connectivity index (χ2v) is 6.48. The van der Waals surface area contributed by atoms with Gasteiger partial charge in [-0.1, -0.05) is 12.1 Å². The summed E-state index contributed by atoms with van der Waals surface area (Å²) < 4.78 is 0. The highest BCUT2D eigenvalue weighted by Gasteiger charge is 2.43. The molecule has 3 heterocycles. The maximum atomic E-state index is 13.1. The van der Waals surface area contributed by atoms with Crippen molar-refractivity contribution in [2.45, 2.75) is 25.0 Å². The van der Waals surface area contributed by atoms with E-state index in [1.807, 2.05) is 41.3 Å². The third-order valence-electron chi connectivity index (χ3n) is 4.82. The molecule has 6 nitrogen and oxygen atoms in total. The molecule has 6 heteroatoms. The molecule has 1 atom stereocenters. The maximum Gasteiger partial charge on any atom is 0.258 e. The molecular weight excluding hydrogens is 314 g/mol. The van der Waals surface area contributed by atoms with Gasteiger partial charge >= 0.3 is 0 Å².